The molecule has 0 radical (unpaired) electrons. The number of carboxylic acid groups (broad SMARTS) is 1. The van der Waals surface area contributed by atoms with Crippen molar-refractivity contribution in [2.45, 2.75) is 19.3 Å². The summed E-state index contributed by atoms with van der Waals surface area (Å²) in [7, 11) is 3.23. The highest BCUT2D eigenvalue weighted by Crippen LogP contribution is 2.36. The average molecular weight is 280 g/mol. The van der Waals surface area contributed by atoms with Gasteiger partial charge in [-0.2, -0.15) is 0 Å². The Kier molecular flexibility index (Phi) is 4.27. The summed E-state index contributed by atoms with van der Waals surface area (Å²) >= 11 is 1.67. The minimum absolute atomic E-state index is 0.209. The number of ether oxygens (including phenoxy) is 2. The molecule has 1 aromatic heterocycles. The van der Waals surface area contributed by atoms with Gasteiger partial charge in [0.15, 0.2) is 11.5 Å². The molecular formula is C14H16O4S. The van der Waals surface area contributed by atoms with Gasteiger partial charge < -0.3 is 14.6 Å². The minimum atomic E-state index is -0.746. The molecule has 0 saturated heterocycles. The number of thiophene rings is 1. The zero-order chi connectivity index (χ0) is 13.8. The number of carboxylic acids is 1. The Morgan fingerprint density at radius 1 is 1.21 bits per heavy atom. The Labute approximate surface area is 115 Å². The number of rotatable bonds is 6. The van der Waals surface area contributed by atoms with Crippen LogP contribution in [0.2, 0.25) is 0 Å². The smallest absolute Gasteiger partial charge is 0.303 e. The van der Waals surface area contributed by atoms with Gasteiger partial charge in [0.1, 0.15) is 0 Å². The Morgan fingerprint density at radius 3 is 2.53 bits per heavy atom. The summed E-state index contributed by atoms with van der Waals surface area (Å²) in [6.45, 7) is 0. The van der Waals surface area contributed by atoms with E-state index in [1.807, 2.05) is 12.1 Å². The fourth-order valence-electron chi connectivity index (χ4n) is 1.96. The van der Waals surface area contributed by atoms with E-state index in [0.29, 0.717) is 17.9 Å². The standard InChI is InChI=1S/C14H16O4S/c1-17-11-7-9-6-10(4-3-5-14(15)16)19-13(9)8-12(11)18-2/h6-8H,3-5H2,1-2H3,(H,15,16). The van der Waals surface area contributed by atoms with Crippen molar-refractivity contribution in [3.63, 3.8) is 0 Å². The van der Waals surface area contributed by atoms with Crippen molar-refractivity contribution in [1.82, 2.24) is 0 Å². The summed E-state index contributed by atoms with van der Waals surface area (Å²) in [5.74, 6) is 0.684. The summed E-state index contributed by atoms with van der Waals surface area (Å²) in [6.07, 6.45) is 1.66. The van der Waals surface area contributed by atoms with E-state index in [9.17, 15) is 4.79 Å². The molecule has 0 unspecified atom stereocenters. The monoisotopic (exact) mass is 280 g/mol. The van der Waals surface area contributed by atoms with Crippen molar-refractivity contribution < 1.29 is 19.4 Å². The van der Waals surface area contributed by atoms with E-state index in [0.717, 1.165) is 16.5 Å². The maximum atomic E-state index is 10.5. The molecule has 2 aromatic rings. The lowest BCUT2D eigenvalue weighted by Crippen LogP contribution is -1.94. The van der Waals surface area contributed by atoms with Crippen LogP contribution >= 0.6 is 11.3 Å². The van der Waals surface area contributed by atoms with Crippen molar-refractivity contribution >= 4 is 27.4 Å². The molecule has 0 atom stereocenters. The van der Waals surface area contributed by atoms with Crippen LogP contribution in [0, 0.1) is 0 Å². The van der Waals surface area contributed by atoms with Crippen molar-refractivity contribution in [1.29, 1.82) is 0 Å². The quantitative estimate of drug-likeness (QED) is 0.881. The molecule has 5 heteroatoms. The molecular weight excluding hydrogens is 264 g/mol. The molecule has 0 amide bonds. The van der Waals surface area contributed by atoms with Gasteiger partial charge >= 0.3 is 5.97 Å². The average Bonchev–Trinajstić information content (AvgIpc) is 2.77. The van der Waals surface area contributed by atoms with E-state index >= 15 is 0 Å². The Morgan fingerprint density at radius 2 is 1.89 bits per heavy atom. The predicted octanol–water partition coefficient (Wildman–Crippen LogP) is 3.33. The number of carbonyl (C=O) groups is 1. The third-order valence-corrected chi connectivity index (χ3v) is 4.04. The molecule has 0 aliphatic heterocycles. The van der Waals surface area contributed by atoms with Gasteiger partial charge in [-0.15, -0.1) is 11.3 Å². The second kappa shape index (κ2) is 5.93. The molecule has 19 heavy (non-hydrogen) atoms. The van der Waals surface area contributed by atoms with E-state index in [-0.39, 0.29) is 6.42 Å². The molecule has 1 aromatic carbocycles. The first-order chi connectivity index (χ1) is 9.13. The number of benzene rings is 1. The van der Waals surface area contributed by atoms with Crippen molar-refractivity contribution in [3.8, 4) is 11.5 Å². The van der Waals surface area contributed by atoms with Gasteiger partial charge in [0.2, 0.25) is 0 Å². The maximum absolute atomic E-state index is 10.5. The van der Waals surface area contributed by atoms with Gasteiger partial charge in [0, 0.05) is 22.1 Å². The Hall–Kier alpha value is -1.75. The number of hydrogen-bond donors (Lipinski definition) is 1. The Balaban J connectivity index is 2.22. The van der Waals surface area contributed by atoms with Crippen LogP contribution < -0.4 is 9.47 Å². The number of aryl methyl sites for hydroxylation is 1. The van der Waals surface area contributed by atoms with Gasteiger partial charge in [-0.25, -0.2) is 0 Å². The second-order valence-corrected chi connectivity index (χ2v) is 5.37. The molecule has 102 valence electrons. The van der Waals surface area contributed by atoms with E-state index < -0.39 is 5.97 Å². The van der Waals surface area contributed by atoms with Crippen LogP contribution in [0.15, 0.2) is 18.2 Å². The molecule has 0 spiro atoms. The molecule has 0 aliphatic carbocycles. The fourth-order valence-corrected chi connectivity index (χ4v) is 3.07. The SMILES string of the molecule is COc1cc2cc(CCCC(=O)O)sc2cc1OC. The van der Waals surface area contributed by atoms with Gasteiger partial charge in [-0.05, 0) is 30.4 Å². The van der Waals surface area contributed by atoms with Gasteiger partial charge in [0.25, 0.3) is 0 Å². The van der Waals surface area contributed by atoms with Crippen molar-refractivity contribution in [2.24, 2.45) is 0 Å². The number of methoxy groups -OCH3 is 2. The van der Waals surface area contributed by atoms with Crippen LogP contribution in [0.3, 0.4) is 0 Å². The third-order valence-electron chi connectivity index (χ3n) is 2.89. The molecule has 0 aliphatic rings. The van der Waals surface area contributed by atoms with Crippen LogP contribution in [-0.2, 0) is 11.2 Å². The van der Waals surface area contributed by atoms with Crippen LogP contribution in [0.4, 0.5) is 0 Å². The van der Waals surface area contributed by atoms with Crippen LogP contribution in [0.25, 0.3) is 10.1 Å². The summed E-state index contributed by atoms with van der Waals surface area (Å²) < 4.78 is 11.7. The summed E-state index contributed by atoms with van der Waals surface area (Å²) in [5.41, 5.74) is 0. The van der Waals surface area contributed by atoms with Crippen molar-refractivity contribution in [3.05, 3.63) is 23.1 Å². The molecule has 1 N–H and O–H groups in total. The lowest BCUT2D eigenvalue weighted by molar-refractivity contribution is -0.137. The van der Waals surface area contributed by atoms with E-state index in [1.165, 1.54) is 4.88 Å². The van der Waals surface area contributed by atoms with Gasteiger partial charge in [-0.3, -0.25) is 4.79 Å². The number of fused-ring (bicyclic) bond motifs is 1. The lowest BCUT2D eigenvalue weighted by Gasteiger charge is -2.06. The zero-order valence-corrected chi connectivity index (χ0v) is 11.8. The first kappa shape index (κ1) is 13.7. The first-order valence-electron chi connectivity index (χ1n) is 6.00. The summed E-state index contributed by atoms with van der Waals surface area (Å²) in [6, 6.07) is 5.99. The summed E-state index contributed by atoms with van der Waals surface area (Å²) in [5, 5.41) is 9.74. The molecule has 2 rings (SSSR count). The highest BCUT2D eigenvalue weighted by molar-refractivity contribution is 7.19. The molecule has 0 saturated carbocycles. The lowest BCUT2D eigenvalue weighted by atomic mass is 10.2. The van der Waals surface area contributed by atoms with Crippen LogP contribution in [-0.4, -0.2) is 25.3 Å². The highest BCUT2D eigenvalue weighted by Gasteiger charge is 2.09. The number of aliphatic carboxylic acids is 1. The molecule has 4 nitrogen and oxygen atoms in total. The third kappa shape index (κ3) is 3.17. The zero-order valence-electron chi connectivity index (χ0n) is 10.9. The second-order valence-electron chi connectivity index (χ2n) is 4.21. The predicted molar refractivity (Wildman–Crippen MR) is 75.5 cm³/mol. The maximum Gasteiger partial charge on any atom is 0.303 e. The largest absolute Gasteiger partial charge is 0.493 e. The minimum Gasteiger partial charge on any atom is -0.493 e. The number of hydrogen-bond acceptors (Lipinski definition) is 4. The fraction of sp³-hybridized carbons (Fsp3) is 0.357. The van der Waals surface area contributed by atoms with Crippen LogP contribution in [0.1, 0.15) is 17.7 Å². The van der Waals surface area contributed by atoms with Gasteiger partial charge in [-0.1, -0.05) is 0 Å². The highest BCUT2D eigenvalue weighted by atomic mass is 32.1. The van der Waals surface area contributed by atoms with E-state index in [4.69, 9.17) is 14.6 Å². The van der Waals surface area contributed by atoms with Gasteiger partial charge in [0.05, 0.1) is 14.2 Å². The Bertz CT molecular complexity index is 547. The molecule has 0 fully saturated rings. The topological polar surface area (TPSA) is 55.8 Å². The molecule has 1 heterocycles. The van der Waals surface area contributed by atoms with E-state index in [2.05, 4.69) is 6.07 Å². The first-order valence-corrected chi connectivity index (χ1v) is 6.82. The van der Waals surface area contributed by atoms with Crippen molar-refractivity contribution in [2.75, 3.05) is 14.2 Å². The normalized spacial score (nSPS) is 10.6. The molecule has 0 bridgehead atoms. The van der Waals surface area contributed by atoms with E-state index in [1.54, 1.807) is 25.6 Å². The summed E-state index contributed by atoms with van der Waals surface area (Å²) in [4.78, 5) is 11.7. The van der Waals surface area contributed by atoms with Crippen LogP contribution in [0.5, 0.6) is 11.5 Å².